The molecule has 8 aromatic rings. The number of nitrogens with one attached hydrogen (secondary N) is 3. The number of ether oxygens (including phenoxy) is 3. The summed E-state index contributed by atoms with van der Waals surface area (Å²) in [6.45, 7) is 8.12. The Hall–Kier alpha value is -7.62. The molecule has 21 heteroatoms. The number of pyridine rings is 1. The molecule has 5 fully saturated rings. The van der Waals surface area contributed by atoms with Gasteiger partial charge in [0.05, 0.1) is 60.6 Å². The second-order valence-electron chi connectivity index (χ2n) is 22.8. The predicted octanol–water partition coefficient (Wildman–Crippen LogP) is 8.17. The highest BCUT2D eigenvalue weighted by Crippen LogP contribution is 2.54. The van der Waals surface area contributed by atoms with Gasteiger partial charge in [-0.15, -0.1) is 5.10 Å². The molecule has 8 heterocycles. The molecule has 2 amide bonds. The van der Waals surface area contributed by atoms with Crippen LogP contribution >= 0.6 is 11.6 Å². The fourth-order valence-electron chi connectivity index (χ4n) is 12.5. The summed E-state index contributed by atoms with van der Waals surface area (Å²) < 4.78 is 37.2. The fraction of sp³-hybridized carbons (Fsp3) is 0.410. The number of rotatable bonds is 17. The summed E-state index contributed by atoms with van der Waals surface area (Å²) in [5, 5.41) is 46.4. The SMILES string of the molecule is Cc1c(F)cc2[nH]ncc2c1-c1c(C2CC2)cc2c(N3C[C@@H]4C[C@H]3CN4)nc(OC3CCOCC3)nc2c1OCc1ccc(-c2cn([C@H](C(=O)N3C[C@H](O)C[C@H]3C(=O)N[C@@H](CO)c3ccc(-c4ncccc4Cl)cc3)C(C)C)nn2)cc1. The third-order valence-corrected chi connectivity index (χ3v) is 17.2. The number of hydrogen-bond donors (Lipinski definition) is 5. The summed E-state index contributed by atoms with van der Waals surface area (Å²) in [5.41, 5.74) is 8.32. The predicted molar refractivity (Wildman–Crippen MR) is 306 cm³/mol. The van der Waals surface area contributed by atoms with Crippen LogP contribution in [0.4, 0.5) is 10.2 Å². The molecule has 5 aliphatic rings. The minimum absolute atomic E-state index is 0.0245. The maximum atomic E-state index is 16.2. The average molecular weight is 1130 g/mol. The van der Waals surface area contributed by atoms with Gasteiger partial charge in [-0.25, -0.2) is 9.07 Å². The summed E-state index contributed by atoms with van der Waals surface area (Å²) in [4.78, 5) is 47.3. The molecule has 2 bridgehead atoms. The molecule has 4 saturated heterocycles. The van der Waals surface area contributed by atoms with E-state index in [1.807, 2.05) is 50.2 Å². The second-order valence-corrected chi connectivity index (χ2v) is 23.2. The van der Waals surface area contributed by atoms with E-state index in [1.165, 1.54) is 15.6 Å². The van der Waals surface area contributed by atoms with Crippen LogP contribution in [-0.2, 0) is 20.9 Å². The van der Waals surface area contributed by atoms with E-state index in [9.17, 15) is 19.8 Å². The van der Waals surface area contributed by atoms with Crippen molar-refractivity contribution in [2.45, 2.75) is 114 Å². The van der Waals surface area contributed by atoms with Crippen LogP contribution in [0.15, 0.2) is 91.4 Å². The Labute approximate surface area is 477 Å². The van der Waals surface area contributed by atoms with Crippen molar-refractivity contribution in [1.29, 1.82) is 0 Å². The van der Waals surface area contributed by atoms with Gasteiger partial charge in [0.1, 0.15) is 47.6 Å². The maximum absolute atomic E-state index is 16.2. The number of likely N-dealkylation sites (tertiary alicyclic amines) is 1. The van der Waals surface area contributed by atoms with Crippen LogP contribution in [-0.4, -0.2) is 137 Å². The normalized spacial score (nSPS) is 20.8. The summed E-state index contributed by atoms with van der Waals surface area (Å²) in [7, 11) is 0. The number of benzene rings is 4. The van der Waals surface area contributed by atoms with Crippen LogP contribution in [0.5, 0.6) is 11.8 Å². The zero-order chi connectivity index (χ0) is 56.3. The number of carbonyl (C=O) groups is 2. The number of aliphatic hydroxyl groups is 2. The van der Waals surface area contributed by atoms with Gasteiger partial charge in [0, 0.05) is 90.2 Å². The van der Waals surface area contributed by atoms with E-state index in [1.54, 1.807) is 49.8 Å². The minimum Gasteiger partial charge on any atom is -0.486 e. The topological polar surface area (TPSA) is 231 Å². The first kappa shape index (κ1) is 53.7. The molecule has 0 radical (unpaired) electrons. The van der Waals surface area contributed by atoms with E-state index in [4.69, 9.17) is 35.8 Å². The van der Waals surface area contributed by atoms with Gasteiger partial charge in [-0.1, -0.05) is 79.2 Å². The molecule has 13 rings (SSSR count). The zero-order valence-electron chi connectivity index (χ0n) is 45.8. The molecule has 1 saturated carbocycles. The van der Waals surface area contributed by atoms with Crippen molar-refractivity contribution in [2.75, 3.05) is 44.4 Å². The molecule has 424 valence electrons. The van der Waals surface area contributed by atoms with Crippen molar-refractivity contribution >= 4 is 51.0 Å². The van der Waals surface area contributed by atoms with Crippen molar-refractivity contribution in [3.63, 3.8) is 0 Å². The number of aliphatic hydroxyl groups excluding tert-OH is 2. The Morgan fingerprint density at radius 2 is 1.76 bits per heavy atom. The number of halogens is 2. The first-order chi connectivity index (χ1) is 39.9. The summed E-state index contributed by atoms with van der Waals surface area (Å²) in [6.07, 6.45) is 8.50. The number of β-amino-alcohol motifs (C(OH)–C–C–N with tert-alkyl or cyclic N) is 1. The molecule has 19 nitrogen and oxygen atoms in total. The molecule has 1 aliphatic carbocycles. The third kappa shape index (κ3) is 10.3. The number of H-pyrrole nitrogens is 1. The van der Waals surface area contributed by atoms with Crippen LogP contribution in [0.25, 0.3) is 55.4 Å². The van der Waals surface area contributed by atoms with E-state index in [2.05, 4.69) is 47.1 Å². The first-order valence-electron chi connectivity index (χ1n) is 28.4. The number of carbonyl (C=O) groups excluding carboxylic acids is 2. The van der Waals surface area contributed by atoms with Gasteiger partial charge < -0.3 is 44.9 Å². The van der Waals surface area contributed by atoms with Crippen molar-refractivity contribution in [1.82, 2.24) is 55.7 Å². The number of amides is 2. The van der Waals surface area contributed by atoms with Crippen molar-refractivity contribution in [3.8, 4) is 45.4 Å². The molecule has 82 heavy (non-hydrogen) atoms. The van der Waals surface area contributed by atoms with E-state index in [0.717, 1.165) is 89.6 Å². The Balaban J connectivity index is 0.781. The van der Waals surface area contributed by atoms with Gasteiger partial charge in [-0.3, -0.25) is 19.7 Å². The van der Waals surface area contributed by atoms with E-state index >= 15 is 4.39 Å². The summed E-state index contributed by atoms with van der Waals surface area (Å²) >= 11 is 6.38. The molecular weight excluding hydrogens is 1070 g/mol. The highest BCUT2D eigenvalue weighted by atomic mass is 35.5. The number of hydrogen-bond acceptors (Lipinski definition) is 15. The van der Waals surface area contributed by atoms with Gasteiger partial charge in [-0.2, -0.15) is 15.1 Å². The Bertz CT molecular complexity index is 3700. The number of aromatic nitrogens is 8. The van der Waals surface area contributed by atoms with Gasteiger partial charge in [0.25, 0.3) is 0 Å². The average Bonchev–Trinajstić information content (AvgIpc) is 3.31. The van der Waals surface area contributed by atoms with E-state index in [0.29, 0.717) is 69.1 Å². The number of nitrogens with zero attached hydrogens (tertiary/aromatic N) is 9. The van der Waals surface area contributed by atoms with Crippen molar-refractivity contribution in [2.24, 2.45) is 5.92 Å². The number of aromatic amines is 1. The Morgan fingerprint density at radius 1 is 0.963 bits per heavy atom. The first-order valence-corrected chi connectivity index (χ1v) is 28.7. The molecule has 4 aromatic carbocycles. The quantitative estimate of drug-likeness (QED) is 0.0579. The van der Waals surface area contributed by atoms with Crippen LogP contribution < -0.4 is 25.0 Å². The summed E-state index contributed by atoms with van der Waals surface area (Å²) in [6, 6.07) is 20.4. The number of anilines is 1. The lowest BCUT2D eigenvalue weighted by molar-refractivity contribution is -0.142. The monoisotopic (exact) mass is 1130 g/mol. The molecule has 0 unspecified atom stereocenters. The molecule has 4 aliphatic heterocycles. The molecule has 4 aromatic heterocycles. The van der Waals surface area contributed by atoms with Crippen LogP contribution in [0.3, 0.4) is 0 Å². The highest BCUT2D eigenvalue weighted by molar-refractivity contribution is 6.33. The second kappa shape index (κ2) is 22.3. The Kier molecular flexibility index (Phi) is 14.6. The van der Waals surface area contributed by atoms with Gasteiger partial charge in [0.15, 0.2) is 5.75 Å². The maximum Gasteiger partial charge on any atom is 0.319 e. The number of fused-ring (bicyclic) bond motifs is 4. The molecule has 6 atom stereocenters. The zero-order valence-corrected chi connectivity index (χ0v) is 46.5. The lowest BCUT2D eigenvalue weighted by atomic mass is 9.88. The molecule has 5 N–H and O–H groups in total. The van der Waals surface area contributed by atoms with Crippen molar-refractivity contribution < 1.29 is 38.4 Å². The Morgan fingerprint density at radius 3 is 2.48 bits per heavy atom. The standard InChI is InChI=1S/C61H64ClFN12O7/c1-32(2)56(60(79)74-28-41(77)22-51(74)59(78)67-50(30-76)37-12-14-38(15-13-37)54-46(62)5-4-18-64-54)75-29-49(71-72-75)36-8-6-34(7-9-36)31-81-57-53(52-33(3)47(63)24-48-45(52)26-66-70-48)43(35-10-11-35)23-44-55(57)68-61(82-42-16-19-80-20-17-42)69-58(44)73-27-39-21-40(73)25-65-39/h4-9,12-15,18,23-24,26,29,32,35,39-42,50-51,56,65,76-77H,10-11,16-17,19-22,25,27-28,30-31H2,1-3H3,(H,66,70)(H,67,78)/t39-,40-,41+,50-,51-,56-/m0/s1. The summed E-state index contributed by atoms with van der Waals surface area (Å²) in [5.74, 6) is 0.0141. The lowest BCUT2D eigenvalue weighted by Crippen LogP contribution is -2.50. The minimum atomic E-state index is -1.00. The highest BCUT2D eigenvalue weighted by Gasteiger charge is 2.44. The van der Waals surface area contributed by atoms with Crippen LogP contribution in [0, 0.1) is 18.7 Å². The molecule has 0 spiro atoms. The van der Waals surface area contributed by atoms with Crippen molar-refractivity contribution in [3.05, 3.63) is 124 Å². The van der Waals surface area contributed by atoms with Gasteiger partial charge in [-0.05, 0) is 84.5 Å². The smallest absolute Gasteiger partial charge is 0.319 e. The van der Waals surface area contributed by atoms with Crippen LogP contribution in [0.2, 0.25) is 5.02 Å². The van der Waals surface area contributed by atoms with Crippen LogP contribution in [0.1, 0.15) is 92.6 Å². The fourth-order valence-corrected chi connectivity index (χ4v) is 12.7. The van der Waals surface area contributed by atoms with Gasteiger partial charge in [0.2, 0.25) is 11.8 Å². The largest absolute Gasteiger partial charge is 0.486 e. The molecular formula is C61H64ClFN12O7. The third-order valence-electron chi connectivity index (χ3n) is 16.9. The van der Waals surface area contributed by atoms with E-state index in [-0.39, 0.29) is 55.4 Å². The lowest BCUT2D eigenvalue weighted by Gasteiger charge is -2.31. The van der Waals surface area contributed by atoms with Gasteiger partial charge >= 0.3 is 6.01 Å². The van der Waals surface area contributed by atoms with E-state index < -0.39 is 42.7 Å². The number of piperazine rings is 1.